The van der Waals surface area contributed by atoms with Gasteiger partial charge in [-0.3, -0.25) is 18.7 Å². The fourth-order valence-electron chi connectivity index (χ4n) is 2.76. The number of hydrogen-bond acceptors (Lipinski definition) is 5. The van der Waals surface area contributed by atoms with Crippen LogP contribution in [-0.4, -0.2) is 25.1 Å². The Kier molecular flexibility index (Phi) is 4.65. The van der Waals surface area contributed by atoms with Crippen molar-refractivity contribution in [2.24, 2.45) is 0 Å². The molecule has 7 nitrogen and oxygen atoms in total. The number of pyridine rings is 1. The van der Waals surface area contributed by atoms with Crippen LogP contribution in [0.5, 0.6) is 0 Å². The van der Waals surface area contributed by atoms with Crippen LogP contribution in [0.1, 0.15) is 29.2 Å². The molecule has 0 saturated heterocycles. The molecule has 0 aliphatic heterocycles. The summed E-state index contributed by atoms with van der Waals surface area (Å²) in [5.74, 6) is -0.348. The first-order chi connectivity index (χ1) is 11.9. The molecule has 0 saturated carbocycles. The second kappa shape index (κ2) is 6.88. The van der Waals surface area contributed by atoms with Gasteiger partial charge in [-0.1, -0.05) is 6.07 Å². The normalized spacial score (nSPS) is 11.0. The van der Waals surface area contributed by atoms with Crippen LogP contribution in [0, 0.1) is 20.8 Å². The fraction of sp³-hybridized carbons (Fsp3) is 0.333. The van der Waals surface area contributed by atoms with Crippen molar-refractivity contribution in [2.45, 2.75) is 40.3 Å². The zero-order valence-corrected chi connectivity index (χ0v) is 14.5. The van der Waals surface area contributed by atoms with Crippen LogP contribution >= 0.6 is 0 Å². The summed E-state index contributed by atoms with van der Waals surface area (Å²) in [5, 5.41) is 4.31. The lowest BCUT2D eigenvalue weighted by Gasteiger charge is -2.08. The Labute approximate surface area is 144 Å². The van der Waals surface area contributed by atoms with Crippen LogP contribution in [0.2, 0.25) is 0 Å². The molecular formula is C18H20N4O3. The molecule has 0 radical (unpaired) electrons. The van der Waals surface area contributed by atoms with Crippen LogP contribution in [0.4, 0.5) is 0 Å². The van der Waals surface area contributed by atoms with Crippen LogP contribution < -0.4 is 5.56 Å². The molecule has 0 aliphatic carbocycles. The number of fused-ring (bicyclic) bond motifs is 1. The minimum absolute atomic E-state index is 0.0182. The lowest BCUT2D eigenvalue weighted by molar-refractivity contribution is -0.145. The first-order valence-electron chi connectivity index (χ1n) is 8.09. The first kappa shape index (κ1) is 16.9. The third-order valence-electron chi connectivity index (χ3n) is 3.95. The summed E-state index contributed by atoms with van der Waals surface area (Å²) in [6, 6.07) is 8.78. The monoisotopic (exact) mass is 340 g/mol. The summed E-state index contributed by atoms with van der Waals surface area (Å²) in [7, 11) is 0. The third-order valence-corrected chi connectivity index (χ3v) is 3.95. The molecule has 0 N–H and O–H groups in total. The second-order valence-electron chi connectivity index (χ2n) is 6.01. The van der Waals surface area contributed by atoms with Crippen LogP contribution in [0.25, 0.3) is 5.65 Å². The van der Waals surface area contributed by atoms with E-state index in [4.69, 9.17) is 4.74 Å². The molecule has 3 aromatic heterocycles. The van der Waals surface area contributed by atoms with E-state index in [2.05, 4.69) is 10.1 Å². The third kappa shape index (κ3) is 3.76. The van der Waals surface area contributed by atoms with Gasteiger partial charge in [-0.15, -0.1) is 0 Å². The van der Waals surface area contributed by atoms with Gasteiger partial charge in [0.15, 0.2) is 0 Å². The summed E-state index contributed by atoms with van der Waals surface area (Å²) >= 11 is 0. The van der Waals surface area contributed by atoms with E-state index in [1.165, 1.54) is 10.5 Å². The number of nitrogens with zero attached hydrogens (tertiary/aromatic N) is 4. The molecule has 0 unspecified atom stereocenters. The number of rotatable bonds is 5. The topological polar surface area (TPSA) is 78.5 Å². The van der Waals surface area contributed by atoms with Gasteiger partial charge in [0.05, 0.1) is 24.4 Å². The van der Waals surface area contributed by atoms with Crippen molar-refractivity contribution < 1.29 is 9.53 Å². The Morgan fingerprint density at radius 1 is 1.16 bits per heavy atom. The Hall–Kier alpha value is -2.96. The summed E-state index contributed by atoms with van der Waals surface area (Å²) < 4.78 is 8.54. The maximum Gasteiger partial charge on any atom is 0.308 e. The van der Waals surface area contributed by atoms with Gasteiger partial charge in [-0.05, 0) is 39.0 Å². The van der Waals surface area contributed by atoms with E-state index in [0.29, 0.717) is 17.9 Å². The minimum Gasteiger partial charge on any atom is -0.459 e. The van der Waals surface area contributed by atoms with Gasteiger partial charge in [0.1, 0.15) is 12.3 Å². The predicted molar refractivity (Wildman–Crippen MR) is 92.3 cm³/mol. The predicted octanol–water partition coefficient (Wildman–Crippen LogP) is 1.95. The highest BCUT2D eigenvalue weighted by Gasteiger charge is 2.09. The summed E-state index contributed by atoms with van der Waals surface area (Å²) in [6.07, 6.45) is 0.216. The molecule has 130 valence electrons. The summed E-state index contributed by atoms with van der Waals surface area (Å²) in [5.41, 5.74) is 3.53. The quantitative estimate of drug-likeness (QED) is 0.663. The molecule has 0 bridgehead atoms. The van der Waals surface area contributed by atoms with E-state index in [1.807, 2.05) is 39.0 Å². The molecule has 0 atom stereocenters. The van der Waals surface area contributed by atoms with Crippen LogP contribution in [0.15, 0.2) is 35.1 Å². The van der Waals surface area contributed by atoms with E-state index in [-0.39, 0.29) is 24.6 Å². The van der Waals surface area contributed by atoms with Crippen molar-refractivity contribution in [3.8, 4) is 0 Å². The zero-order chi connectivity index (χ0) is 18.0. The number of ether oxygens (including phenoxy) is 1. The maximum atomic E-state index is 12.2. The van der Waals surface area contributed by atoms with Gasteiger partial charge in [-0.2, -0.15) is 5.10 Å². The van der Waals surface area contributed by atoms with Gasteiger partial charge in [0, 0.05) is 17.5 Å². The molecule has 7 heteroatoms. The zero-order valence-electron chi connectivity index (χ0n) is 14.5. The SMILES string of the molecule is Cc1cc(C)n(CCC(=O)OCc2cc(=O)n3c(C)cccc3n2)n1. The highest BCUT2D eigenvalue weighted by molar-refractivity contribution is 5.69. The number of aromatic nitrogens is 4. The average molecular weight is 340 g/mol. The molecule has 0 aromatic carbocycles. The Morgan fingerprint density at radius 3 is 2.68 bits per heavy atom. The second-order valence-corrected chi connectivity index (χ2v) is 6.01. The molecule has 25 heavy (non-hydrogen) atoms. The van der Waals surface area contributed by atoms with Crippen molar-refractivity contribution in [3.05, 3.63) is 63.5 Å². The largest absolute Gasteiger partial charge is 0.459 e. The first-order valence-corrected chi connectivity index (χ1v) is 8.09. The fourth-order valence-corrected chi connectivity index (χ4v) is 2.76. The van der Waals surface area contributed by atoms with E-state index in [0.717, 1.165) is 17.1 Å². The Morgan fingerprint density at radius 2 is 1.96 bits per heavy atom. The average Bonchev–Trinajstić information content (AvgIpc) is 2.88. The van der Waals surface area contributed by atoms with E-state index in [1.54, 1.807) is 10.7 Å². The molecule has 0 amide bonds. The van der Waals surface area contributed by atoms with E-state index >= 15 is 0 Å². The molecule has 3 rings (SSSR count). The lowest BCUT2D eigenvalue weighted by atomic mass is 10.3. The van der Waals surface area contributed by atoms with E-state index < -0.39 is 0 Å². The van der Waals surface area contributed by atoms with Gasteiger partial charge in [-0.25, -0.2) is 4.98 Å². The summed E-state index contributed by atoms with van der Waals surface area (Å²) in [6.45, 7) is 6.14. The lowest BCUT2D eigenvalue weighted by Crippen LogP contribution is -2.18. The van der Waals surface area contributed by atoms with Crippen molar-refractivity contribution in [1.29, 1.82) is 0 Å². The highest BCUT2D eigenvalue weighted by Crippen LogP contribution is 2.06. The molecule has 0 spiro atoms. The number of carbonyl (C=O) groups excluding carboxylic acids is 1. The van der Waals surface area contributed by atoms with Gasteiger partial charge in [0.2, 0.25) is 0 Å². The highest BCUT2D eigenvalue weighted by atomic mass is 16.5. The van der Waals surface area contributed by atoms with Gasteiger partial charge < -0.3 is 4.74 Å². The number of carbonyl (C=O) groups is 1. The van der Waals surface area contributed by atoms with Crippen LogP contribution in [-0.2, 0) is 22.7 Å². The molecule has 3 aromatic rings. The number of esters is 1. The molecular weight excluding hydrogens is 320 g/mol. The minimum atomic E-state index is -0.348. The Bertz CT molecular complexity index is 988. The molecule has 0 fully saturated rings. The number of hydrogen-bond donors (Lipinski definition) is 0. The van der Waals surface area contributed by atoms with Crippen molar-refractivity contribution in [1.82, 2.24) is 19.2 Å². The van der Waals surface area contributed by atoms with Crippen LogP contribution in [0.3, 0.4) is 0 Å². The number of aryl methyl sites for hydroxylation is 4. The van der Waals surface area contributed by atoms with E-state index in [9.17, 15) is 9.59 Å². The smallest absolute Gasteiger partial charge is 0.308 e. The Balaban J connectivity index is 1.63. The standard InChI is InChI=1S/C18H20N4O3/c1-12-9-14(3)21(20-12)8-7-18(24)25-11-15-10-17(23)22-13(2)5-4-6-16(22)19-15/h4-6,9-10H,7-8,11H2,1-3H3. The molecule has 3 heterocycles. The molecule has 0 aliphatic rings. The van der Waals surface area contributed by atoms with Crippen molar-refractivity contribution >= 4 is 11.6 Å². The van der Waals surface area contributed by atoms with Crippen molar-refractivity contribution in [3.63, 3.8) is 0 Å². The summed E-state index contributed by atoms with van der Waals surface area (Å²) in [4.78, 5) is 28.5. The maximum absolute atomic E-state index is 12.2. The van der Waals surface area contributed by atoms with Gasteiger partial charge >= 0.3 is 5.97 Å². The van der Waals surface area contributed by atoms with Crippen molar-refractivity contribution in [2.75, 3.05) is 0 Å². The van der Waals surface area contributed by atoms with Gasteiger partial charge in [0.25, 0.3) is 5.56 Å².